The normalized spacial score (nSPS) is 10.2. The maximum atomic E-state index is 11.6. The van der Waals surface area contributed by atoms with Crippen molar-refractivity contribution in [2.45, 2.75) is 6.54 Å². The van der Waals surface area contributed by atoms with Crippen molar-refractivity contribution in [2.24, 2.45) is 0 Å². The highest BCUT2D eigenvalue weighted by molar-refractivity contribution is 9.10. The summed E-state index contributed by atoms with van der Waals surface area (Å²) < 4.78 is 5.78. The van der Waals surface area contributed by atoms with Crippen LogP contribution in [0.5, 0.6) is 0 Å². The first-order valence-corrected chi connectivity index (χ1v) is 7.24. The van der Waals surface area contributed by atoms with E-state index in [1.54, 1.807) is 18.2 Å². The molecule has 2 aromatic rings. The van der Waals surface area contributed by atoms with E-state index in [0.29, 0.717) is 17.8 Å². The Morgan fingerprint density at radius 1 is 1.29 bits per heavy atom. The fourth-order valence-corrected chi connectivity index (χ4v) is 2.50. The Hall–Kier alpha value is -2.01. The van der Waals surface area contributed by atoms with Gasteiger partial charge >= 0.3 is 5.97 Å². The van der Waals surface area contributed by atoms with Gasteiger partial charge in [-0.1, -0.05) is 34.1 Å². The Balaban J connectivity index is 2.28. The lowest BCUT2D eigenvalue weighted by Gasteiger charge is -2.22. The fraction of sp³-hybridized carbons (Fsp3) is 0.188. The molecule has 2 aromatic carbocycles. The van der Waals surface area contributed by atoms with Gasteiger partial charge in [-0.3, -0.25) is 0 Å². The Morgan fingerprint density at radius 3 is 2.67 bits per heavy atom. The number of esters is 1. The number of methoxy groups -OCH3 is 1. The van der Waals surface area contributed by atoms with Crippen molar-refractivity contribution in [3.8, 4) is 0 Å². The summed E-state index contributed by atoms with van der Waals surface area (Å²) in [5.74, 6) is -0.370. The summed E-state index contributed by atoms with van der Waals surface area (Å²) in [5, 5.41) is 0. The molecule has 0 amide bonds. The third-order valence-corrected chi connectivity index (χ3v) is 4.00. The molecule has 0 saturated heterocycles. The van der Waals surface area contributed by atoms with Crippen LogP contribution in [0.4, 0.5) is 11.4 Å². The summed E-state index contributed by atoms with van der Waals surface area (Å²) in [6.45, 7) is 0.677. The van der Waals surface area contributed by atoms with Crippen LogP contribution in [0.1, 0.15) is 15.9 Å². The van der Waals surface area contributed by atoms with E-state index >= 15 is 0 Å². The Kier molecular flexibility index (Phi) is 4.85. The van der Waals surface area contributed by atoms with Gasteiger partial charge in [0.15, 0.2) is 0 Å². The molecule has 0 atom stereocenters. The second-order valence-electron chi connectivity index (χ2n) is 4.71. The summed E-state index contributed by atoms with van der Waals surface area (Å²) in [4.78, 5) is 13.6. The minimum atomic E-state index is -0.370. The van der Waals surface area contributed by atoms with Crippen molar-refractivity contribution < 1.29 is 9.53 Å². The molecule has 0 fully saturated rings. The van der Waals surface area contributed by atoms with Crippen molar-refractivity contribution in [1.82, 2.24) is 0 Å². The van der Waals surface area contributed by atoms with Crippen molar-refractivity contribution in [3.05, 3.63) is 58.1 Å². The molecule has 0 unspecified atom stereocenters. The minimum Gasteiger partial charge on any atom is -0.465 e. The lowest BCUT2D eigenvalue weighted by Crippen LogP contribution is -2.18. The van der Waals surface area contributed by atoms with Gasteiger partial charge in [0, 0.05) is 18.1 Å². The molecule has 5 heteroatoms. The average Bonchev–Trinajstić information content (AvgIpc) is 2.49. The smallest absolute Gasteiger partial charge is 0.337 e. The standard InChI is InChI=1S/C16H17BrN2O2/c1-19(10-12-5-3-4-6-13(12)17)15-9-11(16(20)21-2)7-8-14(15)18/h3-9H,10,18H2,1-2H3. The molecule has 0 aromatic heterocycles. The molecule has 4 nitrogen and oxygen atoms in total. The van der Waals surface area contributed by atoms with Crippen LogP contribution in [0.15, 0.2) is 46.9 Å². The van der Waals surface area contributed by atoms with Crippen LogP contribution in [-0.2, 0) is 11.3 Å². The molecular formula is C16H17BrN2O2. The van der Waals surface area contributed by atoms with Gasteiger partial charge in [-0.15, -0.1) is 0 Å². The van der Waals surface area contributed by atoms with Gasteiger partial charge in [0.2, 0.25) is 0 Å². The number of carbonyl (C=O) groups is 1. The lowest BCUT2D eigenvalue weighted by atomic mass is 10.1. The van der Waals surface area contributed by atoms with Gasteiger partial charge in [0.1, 0.15) is 0 Å². The van der Waals surface area contributed by atoms with Gasteiger partial charge in [0.25, 0.3) is 0 Å². The number of hydrogen-bond acceptors (Lipinski definition) is 4. The molecular weight excluding hydrogens is 332 g/mol. The summed E-state index contributed by atoms with van der Waals surface area (Å²) in [6, 6.07) is 13.1. The highest BCUT2D eigenvalue weighted by Crippen LogP contribution is 2.27. The molecule has 0 saturated carbocycles. The summed E-state index contributed by atoms with van der Waals surface area (Å²) in [7, 11) is 3.30. The zero-order chi connectivity index (χ0) is 15.4. The number of nitrogens with two attached hydrogens (primary N) is 1. The number of rotatable bonds is 4. The minimum absolute atomic E-state index is 0.370. The largest absolute Gasteiger partial charge is 0.465 e. The zero-order valence-electron chi connectivity index (χ0n) is 12.0. The van der Waals surface area contributed by atoms with E-state index in [4.69, 9.17) is 10.5 Å². The topological polar surface area (TPSA) is 55.6 Å². The van der Waals surface area contributed by atoms with Gasteiger partial charge < -0.3 is 15.4 Å². The van der Waals surface area contributed by atoms with Crippen molar-refractivity contribution >= 4 is 33.3 Å². The molecule has 0 aliphatic rings. The second-order valence-corrected chi connectivity index (χ2v) is 5.57. The Morgan fingerprint density at radius 2 is 2.00 bits per heavy atom. The number of ether oxygens (including phenoxy) is 1. The predicted octanol–water partition coefficient (Wildman–Crippen LogP) is 3.45. The number of benzene rings is 2. The molecule has 0 aliphatic carbocycles. The maximum Gasteiger partial charge on any atom is 0.337 e. The maximum absolute atomic E-state index is 11.6. The third-order valence-electron chi connectivity index (χ3n) is 3.23. The van der Waals surface area contributed by atoms with E-state index in [2.05, 4.69) is 15.9 Å². The van der Waals surface area contributed by atoms with Gasteiger partial charge in [-0.05, 0) is 29.8 Å². The third kappa shape index (κ3) is 3.55. The molecule has 21 heavy (non-hydrogen) atoms. The molecule has 0 radical (unpaired) electrons. The monoisotopic (exact) mass is 348 g/mol. The van der Waals surface area contributed by atoms with Crippen LogP contribution in [0.2, 0.25) is 0 Å². The zero-order valence-corrected chi connectivity index (χ0v) is 13.6. The molecule has 2 rings (SSSR count). The van der Waals surface area contributed by atoms with E-state index in [1.807, 2.05) is 36.2 Å². The molecule has 0 spiro atoms. The van der Waals surface area contributed by atoms with E-state index in [0.717, 1.165) is 15.7 Å². The van der Waals surface area contributed by atoms with Gasteiger partial charge in [0.05, 0.1) is 24.0 Å². The van der Waals surface area contributed by atoms with Crippen molar-refractivity contribution in [1.29, 1.82) is 0 Å². The average molecular weight is 349 g/mol. The number of anilines is 2. The number of halogens is 1. The summed E-state index contributed by atoms with van der Waals surface area (Å²) >= 11 is 3.53. The van der Waals surface area contributed by atoms with Crippen LogP contribution < -0.4 is 10.6 Å². The highest BCUT2D eigenvalue weighted by Gasteiger charge is 2.12. The van der Waals surface area contributed by atoms with Gasteiger partial charge in [-0.2, -0.15) is 0 Å². The number of hydrogen-bond donors (Lipinski definition) is 1. The van der Waals surface area contributed by atoms with E-state index < -0.39 is 0 Å². The second kappa shape index (κ2) is 6.63. The molecule has 0 aliphatic heterocycles. The van der Waals surface area contributed by atoms with Crippen LogP contribution >= 0.6 is 15.9 Å². The SMILES string of the molecule is COC(=O)c1ccc(N)c(N(C)Cc2ccccc2Br)c1. The predicted molar refractivity (Wildman–Crippen MR) is 88.4 cm³/mol. The van der Waals surface area contributed by atoms with E-state index in [-0.39, 0.29) is 5.97 Å². The Bertz CT molecular complexity index is 658. The number of carbonyl (C=O) groups excluding carboxylic acids is 1. The van der Waals surface area contributed by atoms with E-state index in [9.17, 15) is 4.79 Å². The van der Waals surface area contributed by atoms with Crippen LogP contribution in [0.25, 0.3) is 0 Å². The summed E-state index contributed by atoms with van der Waals surface area (Å²) in [5.41, 5.74) is 9.07. The summed E-state index contributed by atoms with van der Waals surface area (Å²) in [6.07, 6.45) is 0. The first-order valence-electron chi connectivity index (χ1n) is 6.45. The van der Waals surface area contributed by atoms with Crippen LogP contribution in [0, 0.1) is 0 Å². The Labute approximate surface area is 132 Å². The molecule has 110 valence electrons. The van der Waals surface area contributed by atoms with Crippen LogP contribution in [-0.4, -0.2) is 20.1 Å². The first-order chi connectivity index (χ1) is 10.0. The first kappa shape index (κ1) is 15.4. The van der Waals surface area contributed by atoms with E-state index in [1.165, 1.54) is 7.11 Å². The molecule has 0 bridgehead atoms. The lowest BCUT2D eigenvalue weighted by molar-refractivity contribution is 0.0601. The highest BCUT2D eigenvalue weighted by atomic mass is 79.9. The number of nitrogen functional groups attached to an aromatic ring is 1. The quantitative estimate of drug-likeness (QED) is 0.679. The van der Waals surface area contributed by atoms with Gasteiger partial charge in [-0.25, -0.2) is 4.79 Å². The molecule has 0 heterocycles. The van der Waals surface area contributed by atoms with Crippen molar-refractivity contribution in [3.63, 3.8) is 0 Å². The van der Waals surface area contributed by atoms with Crippen molar-refractivity contribution in [2.75, 3.05) is 24.8 Å². The fourth-order valence-electron chi connectivity index (χ4n) is 2.09. The molecule has 2 N–H and O–H groups in total. The van der Waals surface area contributed by atoms with Crippen LogP contribution in [0.3, 0.4) is 0 Å². The number of nitrogens with zero attached hydrogens (tertiary/aromatic N) is 1.